The van der Waals surface area contributed by atoms with Gasteiger partial charge in [-0.3, -0.25) is 4.68 Å². The number of benzene rings is 1. The van der Waals surface area contributed by atoms with Gasteiger partial charge in [-0.2, -0.15) is 5.10 Å². The Kier molecular flexibility index (Phi) is 3.25. The molecule has 0 radical (unpaired) electrons. The van der Waals surface area contributed by atoms with Crippen molar-refractivity contribution in [3.8, 4) is 5.75 Å². The Morgan fingerprint density at radius 1 is 1.26 bits per heavy atom. The summed E-state index contributed by atoms with van der Waals surface area (Å²) >= 11 is 0. The fraction of sp³-hybridized carbons (Fsp3) is 0.400. The second-order valence-electron chi connectivity index (χ2n) is 5.02. The third-order valence-corrected chi connectivity index (χ3v) is 3.36. The van der Waals surface area contributed by atoms with E-state index in [-0.39, 0.29) is 6.04 Å². The largest absolute Gasteiger partial charge is 0.490 e. The minimum absolute atomic E-state index is 0.121. The zero-order valence-electron chi connectivity index (χ0n) is 11.3. The number of hydrogen-bond donors (Lipinski definition) is 1. The minimum Gasteiger partial charge on any atom is -0.490 e. The molecule has 1 unspecified atom stereocenters. The maximum Gasteiger partial charge on any atom is 0.119 e. The zero-order valence-corrected chi connectivity index (χ0v) is 11.3. The van der Waals surface area contributed by atoms with Crippen molar-refractivity contribution in [3.05, 3.63) is 47.8 Å². The van der Waals surface area contributed by atoms with Gasteiger partial charge in [0.15, 0.2) is 0 Å². The normalized spacial score (nSPS) is 16.3. The van der Waals surface area contributed by atoms with Crippen molar-refractivity contribution in [2.24, 2.45) is 7.05 Å². The maximum absolute atomic E-state index is 5.76. The highest BCUT2D eigenvalue weighted by Gasteiger charge is 2.23. The van der Waals surface area contributed by atoms with Crippen molar-refractivity contribution in [1.29, 1.82) is 0 Å². The van der Waals surface area contributed by atoms with E-state index in [1.54, 1.807) is 0 Å². The Bertz CT molecular complexity index is 543. The van der Waals surface area contributed by atoms with Gasteiger partial charge in [0.25, 0.3) is 0 Å². The van der Waals surface area contributed by atoms with Gasteiger partial charge < -0.3 is 10.1 Å². The number of rotatable bonds is 5. The first-order valence-electron chi connectivity index (χ1n) is 6.69. The lowest BCUT2D eigenvalue weighted by Gasteiger charge is -2.15. The fourth-order valence-corrected chi connectivity index (χ4v) is 2.19. The molecule has 1 atom stereocenters. The maximum atomic E-state index is 5.76. The molecule has 1 N–H and O–H groups in total. The fourth-order valence-electron chi connectivity index (χ4n) is 2.19. The van der Waals surface area contributed by atoms with E-state index < -0.39 is 0 Å². The molecule has 1 aromatic carbocycles. The molecule has 2 aromatic rings. The predicted octanol–water partition coefficient (Wildman–Crippen LogP) is 2.27. The van der Waals surface area contributed by atoms with E-state index in [9.17, 15) is 0 Å². The summed E-state index contributed by atoms with van der Waals surface area (Å²) in [5.41, 5.74) is 2.23. The molecule has 1 aromatic heterocycles. The van der Waals surface area contributed by atoms with Gasteiger partial charge in [0, 0.05) is 13.2 Å². The molecule has 4 heteroatoms. The van der Waals surface area contributed by atoms with Crippen LogP contribution in [0, 0.1) is 0 Å². The highest BCUT2D eigenvalue weighted by molar-refractivity contribution is 5.33. The van der Waals surface area contributed by atoms with E-state index in [0.717, 1.165) is 11.4 Å². The summed E-state index contributed by atoms with van der Waals surface area (Å²) in [5, 5.41) is 7.77. The van der Waals surface area contributed by atoms with Crippen molar-refractivity contribution in [2.45, 2.75) is 25.0 Å². The number of nitrogens with zero attached hydrogens (tertiary/aromatic N) is 2. The number of hydrogen-bond acceptors (Lipinski definition) is 3. The van der Waals surface area contributed by atoms with E-state index in [2.05, 4.69) is 22.5 Å². The van der Waals surface area contributed by atoms with Gasteiger partial charge in [-0.25, -0.2) is 0 Å². The van der Waals surface area contributed by atoms with Crippen LogP contribution in [0.4, 0.5) is 0 Å². The minimum atomic E-state index is 0.121. The first-order valence-corrected chi connectivity index (χ1v) is 6.69. The molecule has 0 bridgehead atoms. The molecule has 1 aliphatic rings. The number of aromatic nitrogens is 2. The highest BCUT2D eigenvalue weighted by Crippen LogP contribution is 2.28. The van der Waals surface area contributed by atoms with Gasteiger partial charge in [0.1, 0.15) is 5.75 Å². The van der Waals surface area contributed by atoms with E-state index in [4.69, 9.17) is 4.74 Å². The summed E-state index contributed by atoms with van der Waals surface area (Å²) in [7, 11) is 3.89. The Labute approximate surface area is 113 Å². The molecule has 0 spiro atoms. The van der Waals surface area contributed by atoms with Crippen LogP contribution >= 0.6 is 0 Å². The van der Waals surface area contributed by atoms with Crippen LogP contribution in [0.2, 0.25) is 0 Å². The van der Waals surface area contributed by atoms with Crippen LogP contribution in [0.5, 0.6) is 5.75 Å². The Balaban J connectivity index is 1.78. The van der Waals surface area contributed by atoms with Crippen LogP contribution in [0.1, 0.15) is 30.1 Å². The number of nitrogens with one attached hydrogen (secondary N) is 1. The molecular weight excluding hydrogens is 238 g/mol. The lowest BCUT2D eigenvalue weighted by Crippen LogP contribution is -2.18. The van der Waals surface area contributed by atoms with Gasteiger partial charge in [-0.05, 0) is 43.7 Å². The molecule has 1 saturated carbocycles. The number of aryl methyl sites for hydroxylation is 1. The van der Waals surface area contributed by atoms with Crippen LogP contribution in [0.25, 0.3) is 0 Å². The van der Waals surface area contributed by atoms with Gasteiger partial charge in [0.2, 0.25) is 0 Å². The van der Waals surface area contributed by atoms with E-state index in [1.807, 2.05) is 43.2 Å². The Morgan fingerprint density at radius 3 is 2.53 bits per heavy atom. The summed E-state index contributed by atoms with van der Waals surface area (Å²) in [6.45, 7) is 0. The van der Waals surface area contributed by atoms with Crippen LogP contribution in [-0.2, 0) is 7.05 Å². The Hall–Kier alpha value is -1.81. The van der Waals surface area contributed by atoms with Crippen molar-refractivity contribution >= 4 is 0 Å². The van der Waals surface area contributed by atoms with Gasteiger partial charge >= 0.3 is 0 Å². The summed E-state index contributed by atoms with van der Waals surface area (Å²) < 4.78 is 7.59. The average Bonchev–Trinajstić information content (AvgIpc) is 3.13. The van der Waals surface area contributed by atoms with Gasteiger partial charge in [-0.15, -0.1) is 0 Å². The molecule has 0 saturated heterocycles. The monoisotopic (exact) mass is 257 g/mol. The lowest BCUT2D eigenvalue weighted by molar-refractivity contribution is 0.303. The second-order valence-corrected chi connectivity index (χ2v) is 5.02. The average molecular weight is 257 g/mol. The molecule has 0 aliphatic heterocycles. The molecule has 1 heterocycles. The smallest absolute Gasteiger partial charge is 0.119 e. The molecule has 0 amide bonds. The van der Waals surface area contributed by atoms with Crippen LogP contribution in [0.3, 0.4) is 0 Å². The molecule has 100 valence electrons. The predicted molar refractivity (Wildman–Crippen MR) is 74.2 cm³/mol. The third-order valence-electron chi connectivity index (χ3n) is 3.36. The summed E-state index contributed by atoms with van der Waals surface area (Å²) in [6.07, 6.45) is 4.79. The standard InChI is InChI=1S/C15H19N3O/c1-16-15(14-9-10-18(2)17-14)11-3-5-12(6-4-11)19-13-7-8-13/h3-6,9-10,13,15-16H,7-8H2,1-2H3. The summed E-state index contributed by atoms with van der Waals surface area (Å²) in [6, 6.07) is 10.5. The van der Waals surface area contributed by atoms with Crippen LogP contribution in [-0.4, -0.2) is 22.9 Å². The van der Waals surface area contributed by atoms with Crippen molar-refractivity contribution < 1.29 is 4.74 Å². The molecule has 3 rings (SSSR count). The van der Waals surface area contributed by atoms with Gasteiger partial charge in [-0.1, -0.05) is 12.1 Å². The van der Waals surface area contributed by atoms with Crippen LogP contribution in [0.15, 0.2) is 36.5 Å². The second kappa shape index (κ2) is 5.05. The van der Waals surface area contributed by atoms with Crippen molar-refractivity contribution in [3.63, 3.8) is 0 Å². The third kappa shape index (κ3) is 2.79. The highest BCUT2D eigenvalue weighted by atomic mass is 16.5. The lowest BCUT2D eigenvalue weighted by atomic mass is 10.0. The molecular formula is C15H19N3O. The van der Waals surface area contributed by atoms with E-state index in [1.165, 1.54) is 18.4 Å². The SMILES string of the molecule is CNC(c1ccc(OC2CC2)cc1)c1ccn(C)n1. The molecule has 4 nitrogen and oxygen atoms in total. The Morgan fingerprint density at radius 2 is 2.00 bits per heavy atom. The van der Waals surface area contributed by atoms with Crippen LogP contribution < -0.4 is 10.1 Å². The molecule has 1 fully saturated rings. The van der Waals surface area contributed by atoms with E-state index in [0.29, 0.717) is 6.10 Å². The quantitative estimate of drug-likeness (QED) is 0.893. The molecule has 1 aliphatic carbocycles. The van der Waals surface area contributed by atoms with Gasteiger partial charge in [0.05, 0.1) is 17.8 Å². The summed E-state index contributed by atoms with van der Waals surface area (Å²) in [4.78, 5) is 0. The first kappa shape index (κ1) is 12.2. The number of ether oxygens (including phenoxy) is 1. The first-order chi connectivity index (χ1) is 9.26. The molecule has 19 heavy (non-hydrogen) atoms. The zero-order chi connectivity index (χ0) is 13.2. The summed E-state index contributed by atoms with van der Waals surface area (Å²) in [5.74, 6) is 0.960. The van der Waals surface area contributed by atoms with Crippen molar-refractivity contribution in [2.75, 3.05) is 7.05 Å². The van der Waals surface area contributed by atoms with E-state index >= 15 is 0 Å². The topological polar surface area (TPSA) is 39.1 Å². The van der Waals surface area contributed by atoms with Crippen molar-refractivity contribution in [1.82, 2.24) is 15.1 Å².